The Balaban J connectivity index is 2.01. The molecule has 0 radical (unpaired) electrons. The fourth-order valence-corrected chi connectivity index (χ4v) is 3.06. The minimum atomic E-state index is -0.218. The number of hydrogen-bond donors (Lipinski definition) is 1. The number of carbonyl (C=O) groups excluding carboxylic acids is 1. The summed E-state index contributed by atoms with van der Waals surface area (Å²) in [5, 5.41) is 2.68. The highest BCUT2D eigenvalue weighted by Crippen LogP contribution is 2.30. The van der Waals surface area contributed by atoms with Crippen molar-refractivity contribution >= 4 is 39.3 Å². The van der Waals surface area contributed by atoms with E-state index in [1.54, 1.807) is 32.4 Å². The lowest BCUT2D eigenvalue weighted by Gasteiger charge is -2.14. The van der Waals surface area contributed by atoms with Gasteiger partial charge in [0.2, 0.25) is 5.91 Å². The lowest BCUT2D eigenvalue weighted by atomic mass is 10.2. The first-order chi connectivity index (χ1) is 11.0. The molecule has 0 aromatic heterocycles. The maximum Gasteiger partial charge on any atom is 0.237 e. The second-order valence-corrected chi connectivity index (χ2v) is 7.10. The van der Waals surface area contributed by atoms with Crippen LogP contribution >= 0.6 is 27.7 Å². The first kappa shape index (κ1) is 17.7. The molecule has 122 valence electrons. The number of thioether (sulfide) groups is 1. The molecule has 0 bridgehead atoms. The Hall–Kier alpha value is -1.66. The van der Waals surface area contributed by atoms with Crippen LogP contribution in [0.15, 0.2) is 51.8 Å². The highest BCUT2D eigenvalue weighted by Gasteiger charge is 2.15. The van der Waals surface area contributed by atoms with Gasteiger partial charge in [0, 0.05) is 21.1 Å². The molecule has 6 heteroatoms. The average molecular weight is 396 g/mol. The number of anilines is 1. The predicted octanol–water partition coefficient (Wildman–Crippen LogP) is 4.59. The summed E-state index contributed by atoms with van der Waals surface area (Å²) < 4.78 is 11.4. The first-order valence-corrected chi connectivity index (χ1v) is 8.66. The molecule has 0 saturated carbocycles. The molecule has 0 saturated heterocycles. The van der Waals surface area contributed by atoms with Crippen molar-refractivity contribution in [3.63, 3.8) is 0 Å². The number of ether oxygens (including phenoxy) is 2. The van der Waals surface area contributed by atoms with Gasteiger partial charge in [-0.25, -0.2) is 0 Å². The van der Waals surface area contributed by atoms with Gasteiger partial charge in [-0.3, -0.25) is 4.79 Å². The number of halogens is 1. The number of carbonyl (C=O) groups is 1. The second-order valence-electron chi connectivity index (χ2n) is 4.77. The van der Waals surface area contributed by atoms with Gasteiger partial charge in [0.15, 0.2) is 11.5 Å². The summed E-state index contributed by atoms with van der Waals surface area (Å²) in [6.45, 7) is 1.88. The van der Waals surface area contributed by atoms with Crippen molar-refractivity contribution in [3.8, 4) is 11.5 Å². The monoisotopic (exact) mass is 395 g/mol. The number of amides is 1. The average Bonchev–Trinajstić information content (AvgIpc) is 2.56. The molecule has 0 aliphatic carbocycles. The molecule has 0 aliphatic rings. The Morgan fingerprint density at radius 2 is 1.74 bits per heavy atom. The number of benzene rings is 2. The highest BCUT2D eigenvalue weighted by molar-refractivity contribution is 9.10. The van der Waals surface area contributed by atoms with E-state index in [-0.39, 0.29) is 11.2 Å². The molecule has 2 aromatic rings. The second kappa shape index (κ2) is 8.26. The first-order valence-electron chi connectivity index (χ1n) is 6.98. The van der Waals surface area contributed by atoms with E-state index in [2.05, 4.69) is 21.2 Å². The van der Waals surface area contributed by atoms with Gasteiger partial charge in [-0.2, -0.15) is 0 Å². The van der Waals surface area contributed by atoms with Crippen LogP contribution in [0.25, 0.3) is 0 Å². The minimum absolute atomic E-state index is 0.0647. The van der Waals surface area contributed by atoms with Crippen molar-refractivity contribution in [3.05, 3.63) is 46.9 Å². The quantitative estimate of drug-likeness (QED) is 0.726. The van der Waals surface area contributed by atoms with Crippen LogP contribution in [0.5, 0.6) is 11.5 Å². The van der Waals surface area contributed by atoms with Crippen LogP contribution in [0.4, 0.5) is 5.69 Å². The van der Waals surface area contributed by atoms with E-state index in [9.17, 15) is 4.79 Å². The third kappa shape index (κ3) is 4.91. The standard InChI is InChI=1S/C17H18BrNO3S/c1-11(23-14-7-4-12(18)5-8-14)17(20)19-13-6-9-15(21-2)16(10-13)22-3/h4-11H,1-3H3,(H,19,20)/t11-/m0/s1. The Kier molecular flexibility index (Phi) is 6.36. The molecule has 1 N–H and O–H groups in total. The third-order valence-electron chi connectivity index (χ3n) is 3.15. The zero-order valence-corrected chi connectivity index (χ0v) is 15.5. The molecule has 2 rings (SSSR count). The van der Waals surface area contributed by atoms with E-state index >= 15 is 0 Å². The van der Waals surface area contributed by atoms with Gasteiger partial charge in [0.25, 0.3) is 0 Å². The van der Waals surface area contributed by atoms with Crippen molar-refractivity contribution in [2.24, 2.45) is 0 Å². The molecule has 1 amide bonds. The minimum Gasteiger partial charge on any atom is -0.493 e. The summed E-state index contributed by atoms with van der Waals surface area (Å²) >= 11 is 4.91. The van der Waals surface area contributed by atoms with Crippen molar-refractivity contribution < 1.29 is 14.3 Å². The van der Waals surface area contributed by atoms with Crippen LogP contribution in [0.3, 0.4) is 0 Å². The molecule has 0 fully saturated rings. The molecule has 2 aromatic carbocycles. The lowest BCUT2D eigenvalue weighted by molar-refractivity contribution is -0.115. The van der Waals surface area contributed by atoms with Gasteiger partial charge in [-0.15, -0.1) is 11.8 Å². The summed E-state index contributed by atoms with van der Waals surface area (Å²) in [6, 6.07) is 13.2. The fraction of sp³-hybridized carbons (Fsp3) is 0.235. The molecular formula is C17H18BrNO3S. The zero-order valence-electron chi connectivity index (χ0n) is 13.1. The fourth-order valence-electron chi connectivity index (χ4n) is 1.93. The highest BCUT2D eigenvalue weighted by atomic mass is 79.9. The Morgan fingerprint density at radius 3 is 2.35 bits per heavy atom. The molecule has 0 unspecified atom stereocenters. The van der Waals surface area contributed by atoms with Crippen molar-refractivity contribution in [1.82, 2.24) is 0 Å². The zero-order chi connectivity index (χ0) is 16.8. The van der Waals surface area contributed by atoms with Gasteiger partial charge >= 0.3 is 0 Å². The summed E-state index contributed by atoms with van der Waals surface area (Å²) in [5.41, 5.74) is 0.677. The van der Waals surface area contributed by atoms with E-state index in [0.29, 0.717) is 17.2 Å². The van der Waals surface area contributed by atoms with E-state index in [4.69, 9.17) is 9.47 Å². The maximum atomic E-state index is 12.3. The van der Waals surface area contributed by atoms with Gasteiger partial charge in [-0.1, -0.05) is 15.9 Å². The van der Waals surface area contributed by atoms with Crippen LogP contribution in [-0.2, 0) is 4.79 Å². The molecular weight excluding hydrogens is 378 g/mol. The molecule has 23 heavy (non-hydrogen) atoms. The van der Waals surface area contributed by atoms with Crippen LogP contribution < -0.4 is 14.8 Å². The SMILES string of the molecule is COc1ccc(NC(=O)[C@H](C)Sc2ccc(Br)cc2)cc1OC. The maximum absolute atomic E-state index is 12.3. The molecule has 4 nitrogen and oxygen atoms in total. The normalized spacial score (nSPS) is 11.7. The molecule has 0 heterocycles. The summed E-state index contributed by atoms with van der Waals surface area (Å²) in [5.74, 6) is 1.14. The Labute approximate surface area is 148 Å². The summed E-state index contributed by atoms with van der Waals surface area (Å²) in [4.78, 5) is 13.4. The van der Waals surface area contributed by atoms with E-state index in [1.807, 2.05) is 31.2 Å². The van der Waals surface area contributed by atoms with Gasteiger partial charge < -0.3 is 14.8 Å². The Morgan fingerprint density at radius 1 is 1.09 bits per heavy atom. The molecule has 0 aliphatic heterocycles. The van der Waals surface area contributed by atoms with Crippen LogP contribution in [0.1, 0.15) is 6.92 Å². The number of hydrogen-bond acceptors (Lipinski definition) is 4. The molecule has 1 atom stereocenters. The third-order valence-corrected chi connectivity index (χ3v) is 4.79. The van der Waals surface area contributed by atoms with Gasteiger partial charge in [0.05, 0.1) is 19.5 Å². The summed E-state index contributed by atoms with van der Waals surface area (Å²) in [7, 11) is 3.14. The van der Waals surface area contributed by atoms with Crippen molar-refractivity contribution in [1.29, 1.82) is 0 Å². The molecule has 0 spiro atoms. The Bertz CT molecular complexity index is 676. The van der Waals surface area contributed by atoms with Crippen molar-refractivity contribution in [2.45, 2.75) is 17.1 Å². The van der Waals surface area contributed by atoms with E-state index in [1.165, 1.54) is 11.8 Å². The number of nitrogens with one attached hydrogen (secondary N) is 1. The van der Waals surface area contributed by atoms with Crippen LogP contribution in [0.2, 0.25) is 0 Å². The van der Waals surface area contributed by atoms with Crippen LogP contribution in [-0.4, -0.2) is 25.4 Å². The number of rotatable bonds is 6. The van der Waals surface area contributed by atoms with Gasteiger partial charge in [0.1, 0.15) is 0 Å². The lowest BCUT2D eigenvalue weighted by Crippen LogP contribution is -2.22. The number of methoxy groups -OCH3 is 2. The largest absolute Gasteiger partial charge is 0.493 e. The predicted molar refractivity (Wildman–Crippen MR) is 97.6 cm³/mol. The smallest absolute Gasteiger partial charge is 0.237 e. The van der Waals surface area contributed by atoms with Crippen LogP contribution in [0, 0.1) is 0 Å². The van der Waals surface area contributed by atoms with E-state index in [0.717, 1.165) is 9.37 Å². The topological polar surface area (TPSA) is 47.6 Å². The van der Waals surface area contributed by atoms with Crippen molar-refractivity contribution in [2.75, 3.05) is 19.5 Å². The van der Waals surface area contributed by atoms with Gasteiger partial charge in [-0.05, 0) is 43.3 Å². The van der Waals surface area contributed by atoms with E-state index < -0.39 is 0 Å². The summed E-state index contributed by atoms with van der Waals surface area (Å²) in [6.07, 6.45) is 0.